The smallest absolute Gasteiger partial charge is 0.419 e. The molecule has 0 spiro atoms. The molecular formula is C25H29N3O6S. The van der Waals surface area contributed by atoms with E-state index in [4.69, 9.17) is 8.92 Å². The average Bonchev–Trinajstić information content (AvgIpc) is 3.26. The Morgan fingerprint density at radius 2 is 1.86 bits per heavy atom. The van der Waals surface area contributed by atoms with E-state index in [1.165, 1.54) is 10.6 Å². The van der Waals surface area contributed by atoms with Gasteiger partial charge in [0.1, 0.15) is 11.4 Å². The van der Waals surface area contributed by atoms with Crippen LogP contribution in [0.15, 0.2) is 36.4 Å². The molecular weight excluding hydrogens is 470 g/mol. The van der Waals surface area contributed by atoms with Crippen LogP contribution in [-0.4, -0.2) is 55.8 Å². The molecule has 10 heteroatoms. The molecule has 1 aromatic heterocycles. The highest BCUT2D eigenvalue weighted by Gasteiger charge is 2.31. The highest BCUT2D eigenvalue weighted by molar-refractivity contribution is 7.86. The molecule has 0 radical (unpaired) electrons. The van der Waals surface area contributed by atoms with E-state index in [1.807, 2.05) is 43.3 Å². The van der Waals surface area contributed by atoms with Gasteiger partial charge in [0.05, 0.1) is 23.0 Å². The van der Waals surface area contributed by atoms with E-state index in [0.29, 0.717) is 22.3 Å². The number of carbonyl (C=O) groups is 2. The van der Waals surface area contributed by atoms with Crippen LogP contribution in [0.25, 0.3) is 22.2 Å². The van der Waals surface area contributed by atoms with Gasteiger partial charge in [-0.3, -0.25) is 4.79 Å². The minimum atomic E-state index is -3.79. The number of fused-ring (bicyclic) bond motifs is 2. The second kappa shape index (κ2) is 8.69. The molecule has 0 saturated heterocycles. The minimum absolute atomic E-state index is 0.0813. The van der Waals surface area contributed by atoms with Crippen molar-refractivity contribution in [3.05, 3.63) is 53.1 Å². The number of rotatable bonds is 5. The molecule has 1 amide bonds. The van der Waals surface area contributed by atoms with Crippen LogP contribution >= 0.6 is 0 Å². The maximum Gasteiger partial charge on any atom is 0.419 e. The Bertz CT molecular complexity index is 1450. The molecule has 2 heterocycles. The standard InChI is InChI=1S/C25H29N3O6S/c1-25(2,3)33-24(30)28-19-9-7-15(14-27(4)5)11-16(19)12-20(28)17-8-10-21(34-35(6,31)32)18-13-26-23(29)22(17)18/h7-12H,13-14H2,1-6H3,(H,26,29). The Balaban J connectivity index is 1.96. The van der Waals surface area contributed by atoms with E-state index in [9.17, 15) is 18.0 Å². The quantitative estimate of drug-likeness (QED) is 0.533. The van der Waals surface area contributed by atoms with E-state index < -0.39 is 21.8 Å². The molecule has 0 aliphatic carbocycles. The number of carbonyl (C=O) groups excluding carboxylic acids is 2. The van der Waals surface area contributed by atoms with E-state index >= 15 is 0 Å². The third kappa shape index (κ3) is 5.18. The second-order valence-corrected chi connectivity index (χ2v) is 11.5. The molecule has 0 saturated carbocycles. The van der Waals surface area contributed by atoms with Gasteiger partial charge in [0, 0.05) is 29.6 Å². The van der Waals surface area contributed by atoms with E-state index in [-0.39, 0.29) is 23.8 Å². The van der Waals surface area contributed by atoms with Crippen LogP contribution in [0.4, 0.5) is 4.79 Å². The van der Waals surface area contributed by atoms with Crippen molar-refractivity contribution in [1.29, 1.82) is 0 Å². The summed E-state index contributed by atoms with van der Waals surface area (Å²) in [6, 6.07) is 10.8. The lowest BCUT2D eigenvalue weighted by Crippen LogP contribution is -2.27. The highest BCUT2D eigenvalue weighted by atomic mass is 32.2. The van der Waals surface area contributed by atoms with Crippen molar-refractivity contribution in [2.45, 2.75) is 39.5 Å². The normalized spacial score (nSPS) is 13.7. The molecule has 1 aliphatic heterocycles. The Morgan fingerprint density at radius 1 is 1.14 bits per heavy atom. The average molecular weight is 500 g/mol. The zero-order valence-corrected chi connectivity index (χ0v) is 21.4. The molecule has 9 nitrogen and oxygen atoms in total. The summed E-state index contributed by atoms with van der Waals surface area (Å²) in [5, 5.41) is 3.54. The van der Waals surface area contributed by atoms with Crippen LogP contribution in [0.5, 0.6) is 5.75 Å². The van der Waals surface area contributed by atoms with Crippen LogP contribution in [0.3, 0.4) is 0 Å². The Kier molecular flexibility index (Phi) is 6.14. The van der Waals surface area contributed by atoms with Crippen molar-refractivity contribution in [3.8, 4) is 17.0 Å². The SMILES string of the molecule is CN(C)Cc1ccc2c(c1)cc(-c1ccc(OS(C)(=O)=O)c3c1C(=O)NC3)n2C(=O)OC(C)(C)C. The molecule has 4 rings (SSSR count). The molecule has 1 N–H and O–H groups in total. The van der Waals surface area contributed by atoms with Gasteiger partial charge >= 0.3 is 16.2 Å². The summed E-state index contributed by atoms with van der Waals surface area (Å²) in [6.07, 6.45) is 0.370. The molecule has 186 valence electrons. The molecule has 0 atom stereocenters. The highest BCUT2D eigenvalue weighted by Crippen LogP contribution is 2.38. The maximum absolute atomic E-state index is 13.4. The lowest BCUT2D eigenvalue weighted by atomic mass is 9.99. The number of hydrogen-bond donors (Lipinski definition) is 1. The summed E-state index contributed by atoms with van der Waals surface area (Å²) in [6.45, 7) is 6.19. The Hall–Kier alpha value is -3.37. The number of benzene rings is 2. The first-order valence-corrected chi connectivity index (χ1v) is 12.9. The molecule has 1 aliphatic rings. The zero-order valence-electron chi connectivity index (χ0n) is 20.6. The fourth-order valence-corrected chi connectivity index (χ4v) is 4.69. The molecule has 35 heavy (non-hydrogen) atoms. The largest absolute Gasteiger partial charge is 0.443 e. The number of hydrogen-bond acceptors (Lipinski definition) is 7. The number of amides is 1. The minimum Gasteiger partial charge on any atom is -0.443 e. The van der Waals surface area contributed by atoms with Crippen LogP contribution < -0.4 is 9.50 Å². The maximum atomic E-state index is 13.4. The van der Waals surface area contributed by atoms with Crippen molar-refractivity contribution in [2.75, 3.05) is 20.4 Å². The van der Waals surface area contributed by atoms with E-state index in [0.717, 1.165) is 23.8 Å². The fraction of sp³-hybridized carbons (Fsp3) is 0.360. The molecule has 0 unspecified atom stereocenters. The Labute approximate surface area is 204 Å². The first-order valence-electron chi connectivity index (χ1n) is 11.1. The zero-order chi connectivity index (χ0) is 25.7. The molecule has 0 bridgehead atoms. The summed E-state index contributed by atoms with van der Waals surface area (Å²) in [7, 11) is 0.158. The Morgan fingerprint density at radius 3 is 2.49 bits per heavy atom. The van der Waals surface area contributed by atoms with Gasteiger partial charge < -0.3 is 19.1 Å². The predicted molar refractivity (Wildman–Crippen MR) is 133 cm³/mol. The van der Waals surface area contributed by atoms with E-state index in [1.54, 1.807) is 26.8 Å². The van der Waals surface area contributed by atoms with Crippen molar-refractivity contribution >= 4 is 33.0 Å². The van der Waals surface area contributed by atoms with Crippen LogP contribution in [0.2, 0.25) is 0 Å². The van der Waals surface area contributed by atoms with Crippen molar-refractivity contribution in [3.63, 3.8) is 0 Å². The summed E-state index contributed by atoms with van der Waals surface area (Å²) in [5.41, 5.74) is 2.61. The number of ether oxygens (including phenoxy) is 1. The summed E-state index contributed by atoms with van der Waals surface area (Å²) in [5.74, 6) is -0.291. The first-order chi connectivity index (χ1) is 16.2. The monoisotopic (exact) mass is 499 g/mol. The second-order valence-electron chi connectivity index (χ2n) is 9.91. The van der Waals surface area contributed by atoms with Gasteiger partial charge in [-0.05, 0) is 70.8 Å². The molecule has 2 aromatic carbocycles. The van der Waals surface area contributed by atoms with Crippen LogP contribution in [0, 0.1) is 0 Å². The van der Waals surface area contributed by atoms with Crippen LogP contribution in [-0.2, 0) is 27.9 Å². The van der Waals surface area contributed by atoms with Crippen molar-refractivity contribution in [1.82, 2.24) is 14.8 Å². The lowest BCUT2D eigenvalue weighted by Gasteiger charge is -2.21. The first kappa shape index (κ1) is 24.7. The number of nitrogens with zero attached hydrogens (tertiary/aromatic N) is 2. The van der Waals surface area contributed by atoms with Gasteiger partial charge in [0.25, 0.3) is 5.91 Å². The number of nitrogens with one attached hydrogen (secondary N) is 1. The van der Waals surface area contributed by atoms with E-state index in [2.05, 4.69) is 5.32 Å². The third-order valence-electron chi connectivity index (χ3n) is 5.38. The van der Waals surface area contributed by atoms with Gasteiger partial charge in [0.15, 0.2) is 0 Å². The molecule has 0 fully saturated rings. The van der Waals surface area contributed by atoms with Gasteiger partial charge in [-0.1, -0.05) is 6.07 Å². The van der Waals surface area contributed by atoms with Gasteiger partial charge in [-0.15, -0.1) is 0 Å². The van der Waals surface area contributed by atoms with Gasteiger partial charge in [-0.2, -0.15) is 8.42 Å². The fourth-order valence-electron chi connectivity index (χ4n) is 4.21. The van der Waals surface area contributed by atoms with Crippen molar-refractivity contribution < 1.29 is 26.9 Å². The van der Waals surface area contributed by atoms with Crippen LogP contribution in [0.1, 0.15) is 42.3 Å². The summed E-state index contributed by atoms with van der Waals surface area (Å²) >= 11 is 0. The topological polar surface area (TPSA) is 107 Å². The summed E-state index contributed by atoms with van der Waals surface area (Å²) < 4.78 is 35.8. The summed E-state index contributed by atoms with van der Waals surface area (Å²) in [4.78, 5) is 28.2. The predicted octanol–water partition coefficient (Wildman–Crippen LogP) is 3.73. The third-order valence-corrected chi connectivity index (χ3v) is 5.86. The molecule has 3 aromatic rings. The lowest BCUT2D eigenvalue weighted by molar-refractivity contribution is 0.0547. The number of aromatic nitrogens is 1. The van der Waals surface area contributed by atoms with Gasteiger partial charge in [0.2, 0.25) is 0 Å². The van der Waals surface area contributed by atoms with Crippen molar-refractivity contribution in [2.24, 2.45) is 0 Å². The van der Waals surface area contributed by atoms with Gasteiger partial charge in [-0.25, -0.2) is 9.36 Å².